The molecule has 7 heteroatoms. The van der Waals surface area contributed by atoms with Crippen LogP contribution < -0.4 is 10.2 Å². The number of aryl methyl sites for hydroxylation is 1. The van der Waals surface area contributed by atoms with Crippen molar-refractivity contribution in [1.82, 2.24) is 4.90 Å². The van der Waals surface area contributed by atoms with Crippen molar-refractivity contribution in [2.45, 2.75) is 33.2 Å². The Kier molecular flexibility index (Phi) is 5.96. The van der Waals surface area contributed by atoms with Crippen LogP contribution in [0.5, 0.6) is 0 Å². The van der Waals surface area contributed by atoms with Crippen molar-refractivity contribution in [1.29, 1.82) is 0 Å². The van der Waals surface area contributed by atoms with Gasteiger partial charge in [0.05, 0.1) is 12.1 Å². The van der Waals surface area contributed by atoms with Crippen molar-refractivity contribution in [2.75, 3.05) is 16.8 Å². The van der Waals surface area contributed by atoms with Crippen molar-refractivity contribution in [3.8, 4) is 0 Å². The number of carbonyl (C=O) groups excluding carboxylic acids is 3. The Morgan fingerprint density at radius 1 is 1.14 bits per heavy atom. The number of nitrogens with zero attached hydrogens (tertiary/aromatic N) is 2. The molecule has 0 radical (unpaired) electrons. The molecular weight excluding hydrogens is 373 g/mol. The maximum absolute atomic E-state index is 13.1. The van der Waals surface area contributed by atoms with E-state index in [-0.39, 0.29) is 12.3 Å². The largest absolute Gasteiger partial charge is 0.332 e. The number of hydrogen-bond donors (Lipinski definition) is 1. The van der Waals surface area contributed by atoms with Crippen molar-refractivity contribution < 1.29 is 18.8 Å². The van der Waals surface area contributed by atoms with Crippen molar-refractivity contribution in [3.05, 3.63) is 59.9 Å². The predicted molar refractivity (Wildman–Crippen MR) is 109 cm³/mol. The average Bonchev–Trinajstić information content (AvgIpc) is 2.87. The lowest BCUT2D eigenvalue weighted by Gasteiger charge is -2.23. The van der Waals surface area contributed by atoms with E-state index in [0.717, 1.165) is 10.5 Å². The standard InChI is InChI=1S/C22H24FN3O3/c1-14(2)13-25-19(12-20(27)24-17-9-7-16(23)8-10-17)21(28)26(22(25)29)18-6-4-5-15(3)11-18/h4-11,14,19H,12-13H2,1-3H3,(H,24,27)/t19-/m1/s1. The minimum Gasteiger partial charge on any atom is -0.326 e. The van der Waals surface area contributed by atoms with E-state index in [4.69, 9.17) is 0 Å². The first-order chi connectivity index (χ1) is 13.8. The molecule has 3 rings (SSSR count). The van der Waals surface area contributed by atoms with Gasteiger partial charge in [-0.25, -0.2) is 14.1 Å². The molecule has 1 atom stereocenters. The van der Waals surface area contributed by atoms with E-state index in [1.54, 1.807) is 18.2 Å². The van der Waals surface area contributed by atoms with Gasteiger partial charge in [-0.15, -0.1) is 0 Å². The Morgan fingerprint density at radius 2 is 1.83 bits per heavy atom. The van der Waals surface area contributed by atoms with E-state index in [9.17, 15) is 18.8 Å². The summed E-state index contributed by atoms with van der Waals surface area (Å²) >= 11 is 0. The number of imide groups is 1. The molecule has 0 aliphatic carbocycles. The van der Waals surface area contributed by atoms with Gasteiger partial charge in [-0.05, 0) is 54.8 Å². The lowest BCUT2D eigenvalue weighted by Crippen LogP contribution is -2.40. The Hall–Kier alpha value is -3.22. The molecule has 1 aliphatic rings. The molecule has 1 saturated heterocycles. The minimum absolute atomic E-state index is 0.131. The highest BCUT2D eigenvalue weighted by Crippen LogP contribution is 2.28. The van der Waals surface area contributed by atoms with Gasteiger partial charge in [0.2, 0.25) is 5.91 Å². The third kappa shape index (κ3) is 4.62. The molecular formula is C22H24FN3O3. The predicted octanol–water partition coefficient (Wildman–Crippen LogP) is 3.96. The molecule has 1 N–H and O–H groups in total. The summed E-state index contributed by atoms with van der Waals surface area (Å²) in [5, 5.41) is 2.65. The van der Waals surface area contributed by atoms with Gasteiger partial charge in [-0.3, -0.25) is 9.59 Å². The van der Waals surface area contributed by atoms with Crippen LogP contribution in [-0.2, 0) is 9.59 Å². The molecule has 6 nitrogen and oxygen atoms in total. The van der Waals surface area contributed by atoms with Gasteiger partial charge in [0.25, 0.3) is 5.91 Å². The first-order valence-electron chi connectivity index (χ1n) is 9.53. The maximum atomic E-state index is 13.1. The van der Waals surface area contributed by atoms with Crippen LogP contribution in [0, 0.1) is 18.7 Å². The van der Waals surface area contributed by atoms with E-state index in [0.29, 0.717) is 17.9 Å². The number of hydrogen-bond acceptors (Lipinski definition) is 3. The van der Waals surface area contributed by atoms with E-state index in [2.05, 4.69) is 5.32 Å². The average molecular weight is 397 g/mol. The summed E-state index contributed by atoms with van der Waals surface area (Å²) in [4.78, 5) is 41.2. The van der Waals surface area contributed by atoms with Gasteiger partial charge in [0, 0.05) is 12.2 Å². The maximum Gasteiger partial charge on any atom is 0.332 e. The van der Waals surface area contributed by atoms with Gasteiger partial charge in [0.15, 0.2) is 0 Å². The molecule has 1 fully saturated rings. The first-order valence-corrected chi connectivity index (χ1v) is 9.53. The third-order valence-corrected chi connectivity index (χ3v) is 4.65. The van der Waals surface area contributed by atoms with Gasteiger partial charge < -0.3 is 10.2 Å². The smallest absolute Gasteiger partial charge is 0.326 e. The van der Waals surface area contributed by atoms with Crippen molar-refractivity contribution >= 4 is 29.2 Å². The van der Waals surface area contributed by atoms with Gasteiger partial charge in [0.1, 0.15) is 11.9 Å². The number of nitrogens with one attached hydrogen (secondary N) is 1. The normalized spacial score (nSPS) is 16.7. The van der Waals surface area contributed by atoms with E-state index in [1.165, 1.54) is 29.2 Å². The third-order valence-electron chi connectivity index (χ3n) is 4.65. The molecule has 0 saturated carbocycles. The quantitative estimate of drug-likeness (QED) is 0.750. The monoisotopic (exact) mass is 397 g/mol. The molecule has 0 spiro atoms. The molecule has 1 aliphatic heterocycles. The Bertz CT molecular complexity index is 927. The van der Waals surface area contributed by atoms with Crippen LogP contribution >= 0.6 is 0 Å². The highest BCUT2D eigenvalue weighted by atomic mass is 19.1. The van der Waals surface area contributed by atoms with Crippen LogP contribution in [0.25, 0.3) is 0 Å². The molecule has 152 valence electrons. The Morgan fingerprint density at radius 3 is 2.45 bits per heavy atom. The molecule has 0 unspecified atom stereocenters. The summed E-state index contributed by atoms with van der Waals surface area (Å²) in [5.74, 6) is -1.11. The fourth-order valence-corrected chi connectivity index (χ4v) is 3.36. The Labute approximate surface area is 169 Å². The molecule has 0 bridgehead atoms. The van der Waals surface area contributed by atoms with Crippen LogP contribution in [0.4, 0.5) is 20.6 Å². The number of urea groups is 1. The second kappa shape index (κ2) is 8.43. The highest BCUT2D eigenvalue weighted by Gasteiger charge is 2.46. The first kappa shape index (κ1) is 20.5. The van der Waals surface area contributed by atoms with Crippen LogP contribution in [-0.4, -0.2) is 35.3 Å². The minimum atomic E-state index is -0.883. The second-order valence-electron chi connectivity index (χ2n) is 7.62. The highest BCUT2D eigenvalue weighted by molar-refractivity contribution is 6.22. The zero-order valence-corrected chi connectivity index (χ0v) is 16.7. The molecule has 2 aromatic rings. The van der Waals surface area contributed by atoms with Crippen molar-refractivity contribution in [3.63, 3.8) is 0 Å². The number of amides is 4. The Balaban J connectivity index is 1.82. The number of rotatable bonds is 6. The topological polar surface area (TPSA) is 69.7 Å². The fourth-order valence-electron chi connectivity index (χ4n) is 3.36. The summed E-state index contributed by atoms with van der Waals surface area (Å²) in [6.45, 7) is 6.14. The molecule has 1 heterocycles. The molecule has 0 aromatic heterocycles. The van der Waals surface area contributed by atoms with E-state index >= 15 is 0 Å². The van der Waals surface area contributed by atoms with Crippen LogP contribution in [0.1, 0.15) is 25.8 Å². The lowest BCUT2D eigenvalue weighted by atomic mass is 10.1. The van der Waals surface area contributed by atoms with Crippen LogP contribution in [0.2, 0.25) is 0 Å². The number of anilines is 2. The number of benzene rings is 2. The van der Waals surface area contributed by atoms with Gasteiger partial charge >= 0.3 is 6.03 Å². The number of halogens is 1. The van der Waals surface area contributed by atoms with E-state index < -0.39 is 29.7 Å². The van der Waals surface area contributed by atoms with Crippen LogP contribution in [0.3, 0.4) is 0 Å². The number of carbonyl (C=O) groups is 3. The van der Waals surface area contributed by atoms with Gasteiger partial charge in [-0.1, -0.05) is 26.0 Å². The van der Waals surface area contributed by atoms with E-state index in [1.807, 2.05) is 26.8 Å². The van der Waals surface area contributed by atoms with Gasteiger partial charge in [-0.2, -0.15) is 0 Å². The molecule has 4 amide bonds. The van der Waals surface area contributed by atoms with Crippen molar-refractivity contribution in [2.24, 2.45) is 5.92 Å². The fraction of sp³-hybridized carbons (Fsp3) is 0.318. The molecule has 2 aromatic carbocycles. The zero-order valence-electron chi connectivity index (χ0n) is 16.7. The summed E-state index contributed by atoms with van der Waals surface area (Å²) in [6.07, 6.45) is -0.170. The second-order valence-corrected chi connectivity index (χ2v) is 7.62. The summed E-state index contributed by atoms with van der Waals surface area (Å²) in [6, 6.07) is 11.2. The molecule has 29 heavy (non-hydrogen) atoms. The SMILES string of the molecule is Cc1cccc(N2C(=O)[C@@H](CC(=O)Nc3ccc(F)cc3)N(CC(C)C)C2=O)c1. The van der Waals surface area contributed by atoms with Crippen LogP contribution in [0.15, 0.2) is 48.5 Å². The lowest BCUT2D eigenvalue weighted by molar-refractivity contribution is -0.124. The summed E-state index contributed by atoms with van der Waals surface area (Å²) in [7, 11) is 0. The zero-order chi connectivity index (χ0) is 21.1. The summed E-state index contributed by atoms with van der Waals surface area (Å²) in [5.41, 5.74) is 1.85. The summed E-state index contributed by atoms with van der Waals surface area (Å²) < 4.78 is 13.0.